The van der Waals surface area contributed by atoms with Crippen LogP contribution in [0.15, 0.2) is 24.3 Å². The molecule has 2 amide bonds. The summed E-state index contributed by atoms with van der Waals surface area (Å²) in [6.45, 7) is 5.42. The van der Waals surface area contributed by atoms with Gasteiger partial charge in [-0.05, 0) is 44.9 Å². The number of hydrogen-bond donors (Lipinski definition) is 1. The lowest BCUT2D eigenvalue weighted by Crippen LogP contribution is -2.50. The van der Waals surface area contributed by atoms with Crippen molar-refractivity contribution < 1.29 is 37.2 Å². The Kier molecular flexibility index (Phi) is 9.08. The van der Waals surface area contributed by atoms with Crippen LogP contribution in [0.4, 0.5) is 15.3 Å². The summed E-state index contributed by atoms with van der Waals surface area (Å²) >= 11 is 0.991. The summed E-state index contributed by atoms with van der Waals surface area (Å²) in [5.74, 6) is 0. The molecule has 0 saturated carbocycles. The predicted octanol–water partition coefficient (Wildman–Crippen LogP) is 2.39. The van der Waals surface area contributed by atoms with Gasteiger partial charge in [-0.1, -0.05) is 11.8 Å². The first kappa shape index (κ1) is 28.3. The number of nitrogens with zero attached hydrogens (tertiary/aromatic N) is 3. The van der Waals surface area contributed by atoms with E-state index < -0.39 is 45.5 Å². The van der Waals surface area contributed by atoms with Gasteiger partial charge in [0.15, 0.2) is 5.12 Å². The molecule has 0 radical (unpaired) electrons. The Labute approximate surface area is 207 Å². The first-order chi connectivity index (χ1) is 16.1. The third-order valence-corrected chi connectivity index (χ3v) is 6.65. The summed E-state index contributed by atoms with van der Waals surface area (Å²) in [7, 11) is -4.53. The van der Waals surface area contributed by atoms with Crippen LogP contribution in [-0.4, -0.2) is 69.8 Å². The Hall–Kier alpha value is -2.91. The van der Waals surface area contributed by atoms with Gasteiger partial charge in [-0.25, -0.2) is 14.7 Å². The molecule has 2 atom stereocenters. The summed E-state index contributed by atoms with van der Waals surface area (Å²) < 4.78 is 35.1. The van der Waals surface area contributed by atoms with E-state index in [9.17, 15) is 32.9 Å². The van der Waals surface area contributed by atoms with Gasteiger partial charge >= 0.3 is 22.4 Å². The largest absolute Gasteiger partial charge is 0.445 e. The summed E-state index contributed by atoms with van der Waals surface area (Å²) in [6.07, 6.45) is -1.80. The maximum atomic E-state index is 12.9. The first-order valence-electron chi connectivity index (χ1n) is 10.4. The highest BCUT2D eigenvalue weighted by molar-refractivity contribution is 8.14. The zero-order valence-electron chi connectivity index (χ0n) is 19.7. The fourth-order valence-electron chi connectivity index (χ4n) is 3.32. The number of nitro groups is 1. The van der Waals surface area contributed by atoms with Crippen LogP contribution in [0.1, 0.15) is 39.7 Å². The molecule has 1 saturated heterocycles. The van der Waals surface area contributed by atoms with Crippen LogP contribution in [-0.2, 0) is 31.1 Å². The van der Waals surface area contributed by atoms with Crippen molar-refractivity contribution in [1.29, 1.82) is 0 Å². The number of carbonyl (C=O) groups is 3. The summed E-state index contributed by atoms with van der Waals surface area (Å²) in [5.41, 5.74) is -0.616. The van der Waals surface area contributed by atoms with Crippen LogP contribution in [0.3, 0.4) is 0 Å². The number of non-ortho nitro benzene ring substituents is 1. The minimum absolute atomic E-state index is 0.0702. The molecule has 13 nitrogen and oxygen atoms in total. The van der Waals surface area contributed by atoms with Crippen molar-refractivity contribution in [2.45, 2.75) is 57.6 Å². The number of likely N-dealkylation sites (tertiary alicyclic amines) is 1. The van der Waals surface area contributed by atoms with Gasteiger partial charge in [0.05, 0.1) is 17.5 Å². The smallest absolute Gasteiger partial charge is 0.425 e. The summed E-state index contributed by atoms with van der Waals surface area (Å²) in [5, 5.41) is 15.5. The zero-order valence-corrected chi connectivity index (χ0v) is 21.3. The highest BCUT2D eigenvalue weighted by Crippen LogP contribution is 2.30. The van der Waals surface area contributed by atoms with E-state index in [4.69, 9.17) is 14.6 Å². The third kappa shape index (κ3) is 8.67. The molecule has 35 heavy (non-hydrogen) atoms. The summed E-state index contributed by atoms with van der Waals surface area (Å²) in [4.78, 5) is 48.4. The molecule has 0 unspecified atom stereocenters. The molecule has 194 valence electrons. The van der Waals surface area contributed by atoms with Gasteiger partial charge in [0, 0.05) is 30.9 Å². The predicted molar refractivity (Wildman–Crippen MR) is 126 cm³/mol. The quantitative estimate of drug-likeness (QED) is 0.404. The highest BCUT2D eigenvalue weighted by Gasteiger charge is 2.41. The first-order valence-corrected chi connectivity index (χ1v) is 12.8. The van der Waals surface area contributed by atoms with Gasteiger partial charge in [0.2, 0.25) is 0 Å². The summed E-state index contributed by atoms with van der Waals surface area (Å²) in [6, 6.07) is 4.58. The number of nitrogens with two attached hydrogens (primary N) is 1. The van der Waals surface area contributed by atoms with Crippen molar-refractivity contribution in [1.82, 2.24) is 9.21 Å². The molecule has 2 rings (SSSR count). The second-order valence-corrected chi connectivity index (χ2v) is 11.8. The monoisotopic (exact) mass is 532 g/mol. The van der Waals surface area contributed by atoms with Crippen molar-refractivity contribution in [3.8, 4) is 0 Å². The second-order valence-electron chi connectivity index (χ2n) is 8.81. The number of thioether (sulfide) groups is 1. The SMILES string of the molecule is CC(=O)S[C@@H]1C[C@H](CN(C(=O)OC(C)(C)C)S(N)(=O)=O)N(C(=O)OCc2ccc([N+](=O)[O-])cc2)C1. The van der Waals surface area contributed by atoms with Crippen LogP contribution in [0.25, 0.3) is 0 Å². The molecule has 1 aromatic carbocycles. The number of benzene rings is 1. The number of hydrogen-bond acceptors (Lipinski definition) is 10. The molecule has 0 bridgehead atoms. The van der Waals surface area contributed by atoms with Crippen LogP contribution in [0.2, 0.25) is 0 Å². The lowest BCUT2D eigenvalue weighted by Gasteiger charge is -2.30. The Balaban J connectivity index is 2.19. The molecule has 1 heterocycles. The number of carbonyl (C=O) groups excluding carboxylic acids is 3. The number of amides is 2. The number of rotatable bonds is 7. The van der Waals surface area contributed by atoms with E-state index in [0.717, 1.165) is 11.8 Å². The van der Waals surface area contributed by atoms with Gasteiger partial charge < -0.3 is 14.4 Å². The van der Waals surface area contributed by atoms with E-state index >= 15 is 0 Å². The number of ether oxygens (including phenoxy) is 2. The molecule has 0 spiro atoms. The molecule has 0 aromatic heterocycles. The fourth-order valence-corrected chi connectivity index (χ4v) is 4.97. The lowest BCUT2D eigenvalue weighted by molar-refractivity contribution is -0.384. The van der Waals surface area contributed by atoms with Gasteiger partial charge in [-0.3, -0.25) is 14.9 Å². The molecule has 0 aliphatic carbocycles. The van der Waals surface area contributed by atoms with Gasteiger partial charge in [-0.15, -0.1) is 0 Å². The van der Waals surface area contributed by atoms with Gasteiger partial charge in [-0.2, -0.15) is 12.7 Å². The van der Waals surface area contributed by atoms with E-state index in [1.165, 1.54) is 36.1 Å². The molecule has 1 aromatic rings. The van der Waals surface area contributed by atoms with Crippen LogP contribution < -0.4 is 5.14 Å². The minimum atomic E-state index is -4.53. The molecule has 1 aliphatic rings. The van der Waals surface area contributed by atoms with E-state index in [0.29, 0.717) is 9.87 Å². The van der Waals surface area contributed by atoms with E-state index in [1.54, 1.807) is 20.8 Å². The fraction of sp³-hybridized carbons (Fsp3) is 0.550. The standard InChI is InChI=1S/C20H28N4O9S2/c1-13(25)34-17-9-16(10-23(35(21,30)31)19(27)33-20(2,3)4)22(11-17)18(26)32-12-14-5-7-15(8-6-14)24(28)29/h5-8,16-17H,9-12H2,1-4H3,(H2,21,30,31)/t16-,17-/m1/s1. The normalized spacial score (nSPS) is 18.1. The van der Waals surface area contributed by atoms with E-state index in [2.05, 4.69) is 0 Å². The van der Waals surface area contributed by atoms with Crippen molar-refractivity contribution >= 4 is 45.0 Å². The Morgan fingerprint density at radius 2 is 1.86 bits per heavy atom. The van der Waals surface area contributed by atoms with Crippen LogP contribution in [0.5, 0.6) is 0 Å². The average Bonchev–Trinajstić information content (AvgIpc) is 3.10. The molecular weight excluding hydrogens is 504 g/mol. The topological polar surface area (TPSA) is 179 Å². The molecule has 15 heteroatoms. The van der Waals surface area contributed by atoms with Crippen molar-refractivity contribution in [3.05, 3.63) is 39.9 Å². The minimum Gasteiger partial charge on any atom is -0.445 e. The molecule has 1 fully saturated rings. The van der Waals surface area contributed by atoms with Crippen LogP contribution >= 0.6 is 11.8 Å². The van der Waals surface area contributed by atoms with Crippen molar-refractivity contribution in [2.75, 3.05) is 13.1 Å². The lowest BCUT2D eigenvalue weighted by atomic mass is 10.2. The maximum absolute atomic E-state index is 12.9. The number of nitro benzene ring substituents is 1. The second kappa shape index (κ2) is 11.2. The third-order valence-electron chi connectivity index (χ3n) is 4.73. The molecule has 2 N–H and O–H groups in total. The molecular formula is C20H28N4O9S2. The van der Waals surface area contributed by atoms with E-state index in [1.807, 2.05) is 0 Å². The van der Waals surface area contributed by atoms with Gasteiger partial charge in [0.1, 0.15) is 12.2 Å². The molecule has 1 aliphatic heterocycles. The Morgan fingerprint density at radius 3 is 2.34 bits per heavy atom. The highest BCUT2D eigenvalue weighted by atomic mass is 32.2. The average molecular weight is 533 g/mol. The van der Waals surface area contributed by atoms with E-state index in [-0.39, 0.29) is 35.6 Å². The Morgan fingerprint density at radius 1 is 1.26 bits per heavy atom. The van der Waals surface area contributed by atoms with Gasteiger partial charge in [0.25, 0.3) is 5.69 Å². The van der Waals surface area contributed by atoms with Crippen molar-refractivity contribution in [3.63, 3.8) is 0 Å². The zero-order chi connectivity index (χ0) is 26.6. The maximum Gasteiger partial charge on any atom is 0.425 e. The van der Waals surface area contributed by atoms with Crippen LogP contribution in [0, 0.1) is 10.1 Å². The Bertz CT molecular complexity index is 1070. The van der Waals surface area contributed by atoms with Crippen molar-refractivity contribution in [2.24, 2.45) is 5.14 Å².